The fourth-order valence-corrected chi connectivity index (χ4v) is 6.24. The van der Waals surface area contributed by atoms with Crippen molar-refractivity contribution in [2.45, 2.75) is 57.5 Å². The van der Waals surface area contributed by atoms with Crippen molar-refractivity contribution in [1.82, 2.24) is 0 Å². The van der Waals surface area contributed by atoms with Crippen LogP contribution in [0.4, 0.5) is 52.7 Å². The molecule has 0 aromatic heterocycles. The summed E-state index contributed by atoms with van der Waals surface area (Å²) >= 11 is 0. The van der Waals surface area contributed by atoms with Crippen LogP contribution in [0, 0.1) is 17.8 Å². The molecular formula is C24H21BF12. The van der Waals surface area contributed by atoms with Crippen LogP contribution in [0.3, 0.4) is 0 Å². The highest BCUT2D eigenvalue weighted by atomic mass is 19.2. The number of allylic oxidation sites excluding steroid dienone is 12. The third-order valence-electron chi connectivity index (χ3n) is 8.84. The molecule has 13 heteroatoms. The van der Waals surface area contributed by atoms with E-state index in [0.717, 1.165) is 20.8 Å². The van der Waals surface area contributed by atoms with Crippen LogP contribution < -0.4 is 0 Å². The molecule has 0 aromatic rings. The molecule has 3 aliphatic carbocycles. The van der Waals surface area contributed by atoms with E-state index in [-0.39, 0.29) is 0 Å². The Labute approximate surface area is 205 Å². The summed E-state index contributed by atoms with van der Waals surface area (Å²) in [6.45, 7) is 1.47. The average molecular weight is 548 g/mol. The Balaban J connectivity index is 2.57. The normalized spacial score (nSPS) is 37.9. The summed E-state index contributed by atoms with van der Waals surface area (Å²) in [6.07, 6.45) is 0. The summed E-state index contributed by atoms with van der Waals surface area (Å²) in [7, 11) is 0. The molecule has 0 amide bonds. The lowest BCUT2D eigenvalue weighted by molar-refractivity contribution is 0.242. The molecule has 0 radical (unpaired) electrons. The van der Waals surface area contributed by atoms with Crippen molar-refractivity contribution in [3.05, 3.63) is 69.9 Å². The molecule has 0 heterocycles. The molecule has 204 valence electrons. The molecule has 0 nitrogen and oxygen atoms in total. The molecule has 0 bridgehead atoms. The Hall–Kier alpha value is -2.34. The van der Waals surface area contributed by atoms with Gasteiger partial charge in [0, 0.05) is 33.7 Å². The minimum Gasteiger partial charge on any atom is -0.209 e. The zero-order chi connectivity index (χ0) is 28.7. The van der Waals surface area contributed by atoms with Gasteiger partial charge in [-0.2, -0.15) is 0 Å². The number of hydrogen-bond acceptors (Lipinski definition) is 0. The molecule has 0 N–H and O–H groups in total. The van der Waals surface area contributed by atoms with Crippen molar-refractivity contribution < 1.29 is 52.7 Å². The number of rotatable bonds is 3. The Morgan fingerprint density at radius 1 is 0.405 bits per heavy atom. The van der Waals surface area contributed by atoms with Crippen LogP contribution >= 0.6 is 0 Å². The first-order chi connectivity index (χ1) is 16.8. The maximum atomic E-state index is 15.7. The van der Waals surface area contributed by atoms with E-state index in [9.17, 15) is 39.5 Å². The van der Waals surface area contributed by atoms with Gasteiger partial charge in [0.1, 0.15) is 35.0 Å². The van der Waals surface area contributed by atoms with Crippen LogP contribution in [0.15, 0.2) is 69.9 Å². The molecule has 3 aliphatic rings. The smallest absolute Gasteiger partial charge is 0.193 e. The topological polar surface area (TPSA) is 0 Å². The van der Waals surface area contributed by atoms with E-state index in [2.05, 4.69) is 0 Å². The summed E-state index contributed by atoms with van der Waals surface area (Å²) in [5, 5.41) is -9.06. The second kappa shape index (κ2) is 8.86. The first kappa shape index (κ1) is 29.2. The standard InChI is InChI=1S/C24H21BF12/c1-7-10(26)13(29)16(32)19(35)22(7,4)25(23(5)8(2)11(27)14(30)17(33)20(23)36)24(6)9(3)12(28)15(31)18(34)21(24)37/h7-9H,1-6H3. The lowest BCUT2D eigenvalue weighted by Crippen LogP contribution is -2.58. The largest absolute Gasteiger partial charge is 0.209 e. The monoisotopic (exact) mass is 548 g/mol. The van der Waals surface area contributed by atoms with Gasteiger partial charge in [-0.25, -0.2) is 52.7 Å². The molecule has 0 fully saturated rings. The predicted octanol–water partition coefficient (Wildman–Crippen LogP) is 10.6. The van der Waals surface area contributed by atoms with Crippen LogP contribution in [-0.4, -0.2) is 6.71 Å². The van der Waals surface area contributed by atoms with Crippen molar-refractivity contribution in [2.75, 3.05) is 0 Å². The first-order valence-corrected chi connectivity index (χ1v) is 11.1. The van der Waals surface area contributed by atoms with E-state index < -0.39 is 110 Å². The lowest BCUT2D eigenvalue weighted by atomic mass is 9.09. The van der Waals surface area contributed by atoms with Gasteiger partial charge in [-0.05, 0) is 0 Å². The van der Waals surface area contributed by atoms with Gasteiger partial charge in [0.05, 0.1) is 0 Å². The number of halogens is 12. The van der Waals surface area contributed by atoms with Gasteiger partial charge in [0.2, 0.25) is 0 Å². The molecule has 6 atom stereocenters. The minimum absolute atomic E-state index is 0.620. The van der Waals surface area contributed by atoms with Crippen molar-refractivity contribution in [3.8, 4) is 0 Å². The second-order valence-electron chi connectivity index (χ2n) is 10.3. The van der Waals surface area contributed by atoms with E-state index in [1.807, 2.05) is 0 Å². The maximum absolute atomic E-state index is 15.7. The van der Waals surface area contributed by atoms with Crippen LogP contribution in [0.5, 0.6) is 0 Å². The second-order valence-corrected chi connectivity index (χ2v) is 10.3. The van der Waals surface area contributed by atoms with Crippen LogP contribution in [0.2, 0.25) is 15.9 Å². The minimum atomic E-state index is -3.02. The molecule has 0 aromatic carbocycles. The SMILES string of the molecule is CC1C(F)=C(F)C(F)=C(F)C1(C)B(C1(C)C(F)=C(F)C(F)=C(F)C1C)C1(C)C(F)=C(F)C(F)=C(F)C1C. The van der Waals surface area contributed by atoms with Crippen molar-refractivity contribution in [2.24, 2.45) is 17.8 Å². The quantitative estimate of drug-likeness (QED) is 0.243. The summed E-state index contributed by atoms with van der Waals surface area (Å²) in [6, 6.07) is 0. The Morgan fingerprint density at radius 2 is 0.595 bits per heavy atom. The highest BCUT2D eigenvalue weighted by Crippen LogP contribution is 2.75. The van der Waals surface area contributed by atoms with Crippen molar-refractivity contribution >= 4 is 6.71 Å². The van der Waals surface area contributed by atoms with E-state index in [4.69, 9.17) is 0 Å². The first-order valence-electron chi connectivity index (χ1n) is 11.1. The Morgan fingerprint density at radius 3 is 0.784 bits per heavy atom. The molecule has 0 spiro atoms. The Bertz CT molecular complexity index is 1100. The molecule has 3 rings (SSSR count). The highest BCUT2D eigenvalue weighted by Gasteiger charge is 2.71. The fraction of sp³-hybridized carbons (Fsp3) is 0.500. The van der Waals surface area contributed by atoms with E-state index in [0.29, 0.717) is 20.8 Å². The molecule has 0 aliphatic heterocycles. The molecule has 0 saturated carbocycles. The highest BCUT2D eigenvalue weighted by molar-refractivity contribution is 6.71. The van der Waals surface area contributed by atoms with Crippen molar-refractivity contribution in [1.29, 1.82) is 0 Å². The third-order valence-corrected chi connectivity index (χ3v) is 8.84. The zero-order valence-corrected chi connectivity index (χ0v) is 20.3. The van der Waals surface area contributed by atoms with Crippen molar-refractivity contribution in [3.63, 3.8) is 0 Å². The van der Waals surface area contributed by atoms with Gasteiger partial charge in [-0.3, -0.25) is 0 Å². The van der Waals surface area contributed by atoms with Gasteiger partial charge in [0.15, 0.2) is 41.7 Å². The van der Waals surface area contributed by atoms with Crippen LogP contribution in [0.25, 0.3) is 0 Å². The van der Waals surface area contributed by atoms with Gasteiger partial charge in [-0.1, -0.05) is 41.5 Å². The predicted molar refractivity (Wildman–Crippen MR) is 114 cm³/mol. The Kier molecular flexibility index (Phi) is 7.00. The summed E-state index contributed by atoms with van der Waals surface area (Å²) in [4.78, 5) is 0. The third kappa shape index (κ3) is 3.40. The van der Waals surface area contributed by atoms with E-state index in [1.165, 1.54) is 0 Å². The summed E-state index contributed by atoms with van der Waals surface area (Å²) in [5.41, 5.74) is 0. The van der Waals surface area contributed by atoms with Gasteiger partial charge >= 0.3 is 0 Å². The average Bonchev–Trinajstić information content (AvgIpc) is 2.88. The van der Waals surface area contributed by atoms with Gasteiger partial charge in [-0.15, -0.1) is 0 Å². The molecular weight excluding hydrogens is 527 g/mol. The molecule has 6 unspecified atom stereocenters. The van der Waals surface area contributed by atoms with Crippen LogP contribution in [0.1, 0.15) is 41.5 Å². The number of hydrogen-bond donors (Lipinski definition) is 0. The van der Waals surface area contributed by atoms with E-state index >= 15 is 13.2 Å². The van der Waals surface area contributed by atoms with Gasteiger partial charge in [0.25, 0.3) is 0 Å². The zero-order valence-electron chi connectivity index (χ0n) is 20.3. The molecule has 0 saturated heterocycles. The van der Waals surface area contributed by atoms with Gasteiger partial charge < -0.3 is 0 Å². The lowest BCUT2D eigenvalue weighted by Gasteiger charge is -2.58. The molecule has 37 heavy (non-hydrogen) atoms. The van der Waals surface area contributed by atoms with E-state index in [1.54, 1.807) is 0 Å². The summed E-state index contributed by atoms with van der Waals surface area (Å²) < 4.78 is 178. The summed E-state index contributed by atoms with van der Waals surface area (Å²) in [5.74, 6) is -33.3. The van der Waals surface area contributed by atoms with Crippen LogP contribution in [-0.2, 0) is 0 Å². The fourth-order valence-electron chi connectivity index (χ4n) is 6.24. The maximum Gasteiger partial charge on any atom is 0.193 e.